The first-order valence-corrected chi connectivity index (χ1v) is 11.5. The van der Waals surface area contributed by atoms with Crippen molar-refractivity contribution in [3.8, 4) is 0 Å². The van der Waals surface area contributed by atoms with Crippen molar-refractivity contribution in [2.75, 3.05) is 19.6 Å². The highest BCUT2D eigenvalue weighted by Crippen LogP contribution is 2.24. The van der Waals surface area contributed by atoms with Crippen LogP contribution in [0.5, 0.6) is 0 Å². The largest absolute Gasteiger partial charge is 0.353 e. The van der Waals surface area contributed by atoms with Gasteiger partial charge in [0.25, 0.3) is 0 Å². The molecule has 28 heavy (non-hydrogen) atoms. The number of amides is 1. The Labute approximate surface area is 174 Å². The molecule has 1 aliphatic carbocycles. The Morgan fingerprint density at radius 2 is 1.68 bits per heavy atom. The molecule has 0 radical (unpaired) electrons. The van der Waals surface area contributed by atoms with Gasteiger partial charge < -0.3 is 11.1 Å². The first-order chi connectivity index (χ1) is 13.0. The van der Waals surface area contributed by atoms with Gasteiger partial charge in [0.15, 0.2) is 0 Å². The van der Waals surface area contributed by atoms with Crippen LogP contribution >= 0.6 is 12.4 Å². The zero-order valence-corrected chi connectivity index (χ0v) is 17.9. The van der Waals surface area contributed by atoms with Gasteiger partial charge in [-0.05, 0) is 55.8 Å². The van der Waals surface area contributed by atoms with Gasteiger partial charge in [-0.15, -0.1) is 12.4 Å². The van der Waals surface area contributed by atoms with Crippen LogP contribution in [0.15, 0.2) is 29.2 Å². The molecule has 2 unspecified atom stereocenters. The maximum atomic E-state index is 12.7. The number of benzene rings is 1. The predicted octanol–water partition coefficient (Wildman–Crippen LogP) is 2.46. The van der Waals surface area contributed by atoms with Crippen LogP contribution in [0.25, 0.3) is 0 Å². The van der Waals surface area contributed by atoms with Gasteiger partial charge in [0.05, 0.1) is 11.3 Å². The number of rotatable bonds is 6. The topological polar surface area (TPSA) is 92.5 Å². The summed E-state index contributed by atoms with van der Waals surface area (Å²) in [5.41, 5.74) is 6.65. The smallest absolute Gasteiger partial charge is 0.243 e. The maximum absolute atomic E-state index is 12.7. The van der Waals surface area contributed by atoms with Gasteiger partial charge in [-0.25, -0.2) is 8.42 Å². The van der Waals surface area contributed by atoms with Crippen molar-refractivity contribution < 1.29 is 13.2 Å². The molecule has 1 aromatic rings. The summed E-state index contributed by atoms with van der Waals surface area (Å²) in [5, 5.41) is 3.12. The van der Waals surface area contributed by atoms with Crippen LogP contribution in [-0.4, -0.2) is 44.3 Å². The fourth-order valence-corrected chi connectivity index (χ4v) is 5.67. The van der Waals surface area contributed by atoms with E-state index in [0.717, 1.165) is 44.1 Å². The van der Waals surface area contributed by atoms with E-state index in [1.807, 2.05) is 0 Å². The molecule has 3 rings (SSSR count). The molecule has 6 nitrogen and oxygen atoms in total. The van der Waals surface area contributed by atoms with Gasteiger partial charge in [-0.1, -0.05) is 31.4 Å². The molecule has 0 spiro atoms. The van der Waals surface area contributed by atoms with Gasteiger partial charge in [-0.2, -0.15) is 4.31 Å². The van der Waals surface area contributed by atoms with Crippen molar-refractivity contribution in [2.45, 2.75) is 62.3 Å². The third-order valence-corrected chi connectivity index (χ3v) is 7.71. The molecule has 1 aromatic carbocycles. The molecule has 1 saturated carbocycles. The van der Waals surface area contributed by atoms with E-state index in [9.17, 15) is 13.2 Å². The third-order valence-electron chi connectivity index (χ3n) is 5.80. The number of hydrogen-bond donors (Lipinski definition) is 2. The second kappa shape index (κ2) is 10.6. The summed E-state index contributed by atoms with van der Waals surface area (Å²) in [6.07, 6.45) is 7.56. The number of sulfonamides is 1. The van der Waals surface area contributed by atoms with Crippen LogP contribution in [0.2, 0.25) is 0 Å². The zero-order chi connectivity index (χ0) is 19.3. The van der Waals surface area contributed by atoms with Gasteiger partial charge in [0.2, 0.25) is 15.9 Å². The molecule has 2 atom stereocenters. The minimum atomic E-state index is -3.42. The van der Waals surface area contributed by atoms with Crippen LogP contribution < -0.4 is 11.1 Å². The van der Waals surface area contributed by atoms with Gasteiger partial charge in [0.1, 0.15) is 0 Å². The minimum Gasteiger partial charge on any atom is -0.353 e. The lowest BCUT2D eigenvalue weighted by Gasteiger charge is -2.31. The summed E-state index contributed by atoms with van der Waals surface area (Å²) in [6, 6.07) is 6.90. The molecule has 0 aromatic heterocycles. The van der Waals surface area contributed by atoms with E-state index in [2.05, 4.69) is 5.32 Å². The lowest BCUT2D eigenvalue weighted by Crippen LogP contribution is -2.45. The predicted molar refractivity (Wildman–Crippen MR) is 113 cm³/mol. The number of hydrogen-bond acceptors (Lipinski definition) is 4. The highest BCUT2D eigenvalue weighted by Gasteiger charge is 2.27. The molecule has 8 heteroatoms. The van der Waals surface area contributed by atoms with E-state index >= 15 is 0 Å². The van der Waals surface area contributed by atoms with Crippen LogP contribution in [0.1, 0.15) is 50.5 Å². The van der Waals surface area contributed by atoms with Crippen LogP contribution in [0, 0.1) is 5.92 Å². The Hall–Kier alpha value is -1.15. The van der Waals surface area contributed by atoms with E-state index in [0.29, 0.717) is 30.4 Å². The standard InChI is InChI=1S/C20H31N3O3S.ClH/c21-15-17-6-2-3-7-19(17)22-20(24)14-16-8-10-18(11-9-16)27(25,26)23-12-4-1-5-13-23;/h8-11,17,19H,1-7,12-15,21H2,(H,22,24);1H. The van der Waals surface area contributed by atoms with E-state index in [4.69, 9.17) is 5.73 Å². The van der Waals surface area contributed by atoms with Gasteiger partial charge >= 0.3 is 0 Å². The van der Waals surface area contributed by atoms with Crippen molar-refractivity contribution in [2.24, 2.45) is 11.7 Å². The molecular formula is C20H32ClN3O3S. The van der Waals surface area contributed by atoms with Crippen LogP contribution in [0.4, 0.5) is 0 Å². The number of nitrogens with two attached hydrogens (primary N) is 1. The van der Waals surface area contributed by atoms with Crippen molar-refractivity contribution >= 4 is 28.3 Å². The van der Waals surface area contributed by atoms with Crippen LogP contribution in [-0.2, 0) is 21.2 Å². The first-order valence-electron chi connectivity index (χ1n) is 10.1. The molecule has 2 aliphatic rings. The Balaban J connectivity index is 0.00000280. The number of carbonyl (C=O) groups excluding carboxylic acids is 1. The van der Waals surface area contributed by atoms with Crippen molar-refractivity contribution in [1.82, 2.24) is 9.62 Å². The molecule has 2 fully saturated rings. The van der Waals surface area contributed by atoms with Crippen molar-refractivity contribution in [1.29, 1.82) is 0 Å². The number of nitrogens with one attached hydrogen (secondary N) is 1. The Bertz CT molecular complexity index is 734. The van der Waals surface area contributed by atoms with E-state index < -0.39 is 10.0 Å². The second-order valence-electron chi connectivity index (χ2n) is 7.74. The summed E-state index contributed by atoms with van der Waals surface area (Å²) in [7, 11) is -3.42. The minimum absolute atomic E-state index is 0. The zero-order valence-electron chi connectivity index (χ0n) is 16.3. The highest BCUT2D eigenvalue weighted by atomic mass is 35.5. The summed E-state index contributed by atoms with van der Waals surface area (Å²) >= 11 is 0. The summed E-state index contributed by atoms with van der Waals surface area (Å²) in [4.78, 5) is 12.7. The molecule has 1 aliphatic heterocycles. The van der Waals surface area contributed by atoms with Gasteiger partial charge in [0, 0.05) is 19.1 Å². The van der Waals surface area contributed by atoms with E-state index in [1.54, 1.807) is 28.6 Å². The molecule has 1 amide bonds. The normalized spacial score (nSPS) is 23.6. The lowest BCUT2D eigenvalue weighted by atomic mass is 9.84. The Morgan fingerprint density at radius 1 is 1.04 bits per heavy atom. The molecule has 1 heterocycles. The summed E-state index contributed by atoms with van der Waals surface area (Å²) < 4.78 is 26.9. The number of nitrogens with zero attached hydrogens (tertiary/aromatic N) is 1. The van der Waals surface area contributed by atoms with E-state index in [1.165, 1.54) is 6.42 Å². The van der Waals surface area contributed by atoms with Crippen molar-refractivity contribution in [3.05, 3.63) is 29.8 Å². The Kier molecular flexibility index (Phi) is 8.74. The highest BCUT2D eigenvalue weighted by molar-refractivity contribution is 7.89. The fraction of sp³-hybridized carbons (Fsp3) is 0.650. The average Bonchev–Trinajstić information content (AvgIpc) is 2.69. The molecule has 0 bridgehead atoms. The molecule has 158 valence electrons. The first kappa shape index (κ1) is 23.1. The lowest BCUT2D eigenvalue weighted by molar-refractivity contribution is -0.121. The second-order valence-corrected chi connectivity index (χ2v) is 9.68. The number of piperidine rings is 1. The molecular weight excluding hydrogens is 398 g/mol. The maximum Gasteiger partial charge on any atom is 0.243 e. The fourth-order valence-electron chi connectivity index (χ4n) is 4.16. The van der Waals surface area contributed by atoms with Gasteiger partial charge in [-0.3, -0.25) is 4.79 Å². The molecule has 1 saturated heterocycles. The molecule has 3 N–H and O–H groups in total. The monoisotopic (exact) mass is 429 g/mol. The SMILES string of the molecule is Cl.NCC1CCCCC1NC(=O)Cc1ccc(S(=O)(=O)N2CCCCC2)cc1. The number of carbonyl (C=O) groups is 1. The number of halogens is 1. The third kappa shape index (κ3) is 5.69. The van der Waals surface area contributed by atoms with Crippen LogP contribution in [0.3, 0.4) is 0 Å². The quantitative estimate of drug-likeness (QED) is 0.726. The van der Waals surface area contributed by atoms with E-state index in [-0.39, 0.29) is 30.8 Å². The Morgan fingerprint density at radius 3 is 2.32 bits per heavy atom. The summed E-state index contributed by atoms with van der Waals surface area (Å²) in [5.74, 6) is 0.340. The summed E-state index contributed by atoms with van der Waals surface area (Å²) in [6.45, 7) is 1.79. The average molecular weight is 430 g/mol. The van der Waals surface area contributed by atoms with Crippen molar-refractivity contribution in [3.63, 3.8) is 0 Å².